The van der Waals surface area contributed by atoms with Gasteiger partial charge in [0, 0.05) is 13.0 Å². The molecule has 2 N–H and O–H groups in total. The van der Waals surface area contributed by atoms with E-state index in [1.165, 1.54) is 7.11 Å². The van der Waals surface area contributed by atoms with Crippen molar-refractivity contribution in [2.24, 2.45) is 0 Å². The molecule has 1 amide bonds. The van der Waals surface area contributed by atoms with Gasteiger partial charge in [0.1, 0.15) is 6.61 Å². The van der Waals surface area contributed by atoms with Crippen LogP contribution < -0.4 is 5.32 Å². The quantitative estimate of drug-likeness (QED) is 0.663. The highest BCUT2D eigenvalue weighted by Crippen LogP contribution is 2.44. The van der Waals surface area contributed by atoms with E-state index in [4.69, 9.17) is 9.47 Å². The average Bonchev–Trinajstić information content (AvgIpc) is 3.03. The molecule has 2 atom stereocenters. The molecule has 0 bridgehead atoms. The van der Waals surface area contributed by atoms with Crippen LogP contribution in [0.2, 0.25) is 0 Å². The van der Waals surface area contributed by atoms with Gasteiger partial charge in [0.2, 0.25) is 0 Å². The van der Waals surface area contributed by atoms with Crippen LogP contribution in [-0.4, -0.2) is 43.0 Å². The molecule has 0 spiro atoms. The molecule has 6 nitrogen and oxygen atoms in total. The number of aliphatic carboxylic acids is 1. The highest BCUT2D eigenvalue weighted by molar-refractivity contribution is 5.79. The third kappa shape index (κ3) is 4.77. The van der Waals surface area contributed by atoms with Crippen molar-refractivity contribution in [2.45, 2.75) is 44.2 Å². The van der Waals surface area contributed by atoms with Gasteiger partial charge in [-0.15, -0.1) is 0 Å². The fraction of sp³-hybridized carbons (Fsp3) is 0.391. The average molecular weight is 397 g/mol. The zero-order valence-electron chi connectivity index (χ0n) is 16.8. The largest absolute Gasteiger partial charge is 0.481 e. The number of nitrogens with one attached hydrogen (secondary N) is 1. The second-order valence-electron chi connectivity index (χ2n) is 7.24. The first kappa shape index (κ1) is 20.9. The number of carboxylic acids is 1. The van der Waals surface area contributed by atoms with E-state index in [0.717, 1.165) is 28.7 Å². The summed E-state index contributed by atoms with van der Waals surface area (Å²) in [6, 6.07) is 15.6. The lowest BCUT2D eigenvalue weighted by molar-refractivity contribution is -0.138. The zero-order valence-corrected chi connectivity index (χ0v) is 16.8. The van der Waals surface area contributed by atoms with Crippen molar-refractivity contribution in [2.75, 3.05) is 13.7 Å². The third-order valence-corrected chi connectivity index (χ3v) is 5.37. The summed E-state index contributed by atoms with van der Waals surface area (Å²) in [5.74, 6) is -1.04. The molecular formula is C23H27NO5. The first-order valence-electron chi connectivity index (χ1n) is 9.91. The van der Waals surface area contributed by atoms with E-state index in [9.17, 15) is 14.7 Å². The molecule has 2 aromatic carbocycles. The lowest BCUT2D eigenvalue weighted by Crippen LogP contribution is -2.46. The van der Waals surface area contributed by atoms with Gasteiger partial charge in [0.15, 0.2) is 0 Å². The maximum absolute atomic E-state index is 12.5. The molecular weight excluding hydrogens is 370 g/mol. The highest BCUT2D eigenvalue weighted by atomic mass is 16.5. The van der Waals surface area contributed by atoms with Crippen LogP contribution >= 0.6 is 0 Å². The second kappa shape index (κ2) is 9.56. The molecule has 2 aromatic rings. The van der Waals surface area contributed by atoms with Crippen LogP contribution in [0.4, 0.5) is 4.79 Å². The van der Waals surface area contributed by atoms with Crippen molar-refractivity contribution < 1.29 is 24.2 Å². The number of hydrogen-bond donors (Lipinski definition) is 2. The number of rotatable bonds is 9. The molecule has 29 heavy (non-hydrogen) atoms. The molecule has 0 fully saturated rings. The minimum absolute atomic E-state index is 0.0417. The summed E-state index contributed by atoms with van der Waals surface area (Å²) in [4.78, 5) is 23.7. The molecule has 3 rings (SSSR count). The van der Waals surface area contributed by atoms with Crippen LogP contribution in [0.3, 0.4) is 0 Å². The van der Waals surface area contributed by atoms with Gasteiger partial charge in [0.05, 0.1) is 18.6 Å². The minimum atomic E-state index is -0.993. The first-order chi connectivity index (χ1) is 14.0. The van der Waals surface area contributed by atoms with Gasteiger partial charge in [0.25, 0.3) is 0 Å². The van der Waals surface area contributed by atoms with Crippen molar-refractivity contribution in [1.29, 1.82) is 0 Å². The van der Waals surface area contributed by atoms with Crippen molar-refractivity contribution in [1.82, 2.24) is 5.32 Å². The summed E-state index contributed by atoms with van der Waals surface area (Å²) >= 11 is 0. The second-order valence-corrected chi connectivity index (χ2v) is 7.24. The summed E-state index contributed by atoms with van der Waals surface area (Å²) < 4.78 is 10.9. The first-order valence-corrected chi connectivity index (χ1v) is 9.91. The SMILES string of the molecule is CCCC(OC)C(CC(=O)O)NC(=O)OCC1c2ccccc2-c2ccccc21. The van der Waals surface area contributed by atoms with E-state index >= 15 is 0 Å². The number of carbonyl (C=O) groups is 2. The number of amides is 1. The number of carboxylic acid groups (broad SMARTS) is 1. The number of hydrogen-bond acceptors (Lipinski definition) is 4. The number of fused-ring (bicyclic) bond motifs is 3. The number of methoxy groups -OCH3 is 1. The molecule has 0 radical (unpaired) electrons. The predicted octanol–water partition coefficient (Wildman–Crippen LogP) is 4.18. The van der Waals surface area contributed by atoms with Crippen LogP contribution in [0.5, 0.6) is 0 Å². The van der Waals surface area contributed by atoms with Gasteiger partial charge in [-0.2, -0.15) is 0 Å². The molecule has 0 heterocycles. The molecule has 6 heteroatoms. The van der Waals surface area contributed by atoms with E-state index in [0.29, 0.717) is 6.42 Å². The van der Waals surface area contributed by atoms with E-state index in [1.54, 1.807) is 0 Å². The summed E-state index contributed by atoms with van der Waals surface area (Å²) in [5.41, 5.74) is 4.57. The maximum atomic E-state index is 12.5. The summed E-state index contributed by atoms with van der Waals surface area (Å²) in [7, 11) is 1.52. The Labute approximate surface area is 170 Å². The Balaban J connectivity index is 1.69. The van der Waals surface area contributed by atoms with Crippen molar-refractivity contribution in [3.05, 3.63) is 59.7 Å². The van der Waals surface area contributed by atoms with Gasteiger partial charge in [-0.1, -0.05) is 61.9 Å². The Kier molecular flexibility index (Phi) is 6.88. The number of ether oxygens (including phenoxy) is 2. The van der Waals surface area contributed by atoms with Gasteiger partial charge >= 0.3 is 12.1 Å². The highest BCUT2D eigenvalue weighted by Gasteiger charge is 2.30. The molecule has 0 saturated heterocycles. The summed E-state index contributed by atoms with van der Waals surface area (Å²) in [6.07, 6.45) is 0.245. The molecule has 1 aliphatic rings. The maximum Gasteiger partial charge on any atom is 0.407 e. The lowest BCUT2D eigenvalue weighted by atomic mass is 9.98. The number of benzene rings is 2. The van der Waals surface area contributed by atoms with E-state index in [-0.39, 0.29) is 25.0 Å². The van der Waals surface area contributed by atoms with E-state index < -0.39 is 18.1 Å². The Hall–Kier alpha value is -2.86. The van der Waals surface area contributed by atoms with Crippen LogP contribution in [0.1, 0.15) is 43.2 Å². The molecule has 1 aliphatic carbocycles. The topological polar surface area (TPSA) is 84.9 Å². The Bertz CT molecular complexity index is 820. The monoisotopic (exact) mass is 397 g/mol. The Morgan fingerprint density at radius 3 is 2.17 bits per heavy atom. The lowest BCUT2D eigenvalue weighted by Gasteiger charge is -2.25. The van der Waals surface area contributed by atoms with Gasteiger partial charge in [-0.3, -0.25) is 4.79 Å². The van der Waals surface area contributed by atoms with Gasteiger partial charge in [-0.25, -0.2) is 4.79 Å². The minimum Gasteiger partial charge on any atom is -0.481 e. The van der Waals surface area contributed by atoms with Gasteiger partial charge < -0.3 is 19.9 Å². The predicted molar refractivity (Wildman–Crippen MR) is 110 cm³/mol. The van der Waals surface area contributed by atoms with Crippen LogP contribution in [-0.2, 0) is 14.3 Å². The molecule has 0 aromatic heterocycles. The van der Waals surface area contributed by atoms with Gasteiger partial charge in [-0.05, 0) is 28.7 Å². The fourth-order valence-corrected chi connectivity index (χ4v) is 4.02. The van der Waals surface area contributed by atoms with Crippen LogP contribution in [0.15, 0.2) is 48.5 Å². The summed E-state index contributed by atoms with van der Waals surface area (Å²) in [6.45, 7) is 2.17. The van der Waals surface area contributed by atoms with Crippen molar-refractivity contribution in [3.63, 3.8) is 0 Å². The molecule has 0 saturated carbocycles. The molecule has 0 aliphatic heterocycles. The third-order valence-electron chi connectivity index (χ3n) is 5.37. The van der Waals surface area contributed by atoms with Crippen molar-refractivity contribution >= 4 is 12.1 Å². The normalized spacial score (nSPS) is 14.6. The van der Waals surface area contributed by atoms with Crippen LogP contribution in [0, 0.1) is 0 Å². The zero-order chi connectivity index (χ0) is 20.8. The Morgan fingerprint density at radius 1 is 1.07 bits per heavy atom. The smallest absolute Gasteiger partial charge is 0.407 e. The standard InChI is InChI=1S/C23H27NO5/c1-3-8-21(28-2)20(13-22(25)26)24-23(27)29-14-19-17-11-6-4-9-15(17)16-10-5-7-12-18(16)19/h4-7,9-12,19-21H,3,8,13-14H2,1-2H3,(H,24,27)(H,25,26). The summed E-state index contributed by atoms with van der Waals surface area (Å²) in [5, 5.41) is 11.9. The fourth-order valence-electron chi connectivity index (χ4n) is 4.02. The van der Waals surface area contributed by atoms with Crippen LogP contribution in [0.25, 0.3) is 11.1 Å². The molecule has 2 unspecified atom stereocenters. The number of carbonyl (C=O) groups excluding carboxylic acids is 1. The van der Waals surface area contributed by atoms with E-state index in [2.05, 4.69) is 29.6 Å². The van der Waals surface area contributed by atoms with E-state index in [1.807, 2.05) is 31.2 Å². The van der Waals surface area contributed by atoms with Crippen molar-refractivity contribution in [3.8, 4) is 11.1 Å². The molecule has 154 valence electrons. The Morgan fingerprint density at radius 2 is 1.66 bits per heavy atom. The number of alkyl carbamates (subject to hydrolysis) is 1.